The number of carbonyl (C=O) groups is 1. The van der Waals surface area contributed by atoms with Gasteiger partial charge in [-0.2, -0.15) is 0 Å². The van der Waals surface area contributed by atoms with Crippen molar-refractivity contribution in [1.82, 2.24) is 10.6 Å². The highest BCUT2D eigenvalue weighted by Crippen LogP contribution is 2.19. The van der Waals surface area contributed by atoms with Gasteiger partial charge in [0.2, 0.25) is 5.91 Å². The minimum atomic E-state index is 0. The second-order valence-electron chi connectivity index (χ2n) is 5.74. The third-order valence-electron chi connectivity index (χ3n) is 4.21. The Balaban J connectivity index is 0.00000161. The van der Waals surface area contributed by atoms with E-state index in [4.69, 9.17) is 4.74 Å². The molecule has 2 aliphatic rings. The molecule has 21 heavy (non-hydrogen) atoms. The molecule has 0 aliphatic carbocycles. The normalized spacial score (nSPS) is 17.9. The van der Waals surface area contributed by atoms with Gasteiger partial charge in [-0.1, -0.05) is 18.2 Å². The SMILES string of the molecule is Cl.O=C(CC1CCOCC1)NCc1ccc2c(c1)CNC2. The molecule has 2 aliphatic heterocycles. The molecule has 3 rings (SSSR count). The second kappa shape index (κ2) is 7.78. The minimum Gasteiger partial charge on any atom is -0.381 e. The van der Waals surface area contributed by atoms with E-state index in [1.807, 2.05) is 0 Å². The first-order valence-electron chi connectivity index (χ1n) is 7.47. The largest absolute Gasteiger partial charge is 0.381 e. The number of rotatable bonds is 4. The molecule has 1 amide bonds. The van der Waals surface area contributed by atoms with Crippen LogP contribution in [-0.2, 0) is 29.2 Å². The molecule has 1 saturated heterocycles. The van der Waals surface area contributed by atoms with Crippen molar-refractivity contribution in [3.8, 4) is 0 Å². The van der Waals surface area contributed by atoms with E-state index < -0.39 is 0 Å². The van der Waals surface area contributed by atoms with Gasteiger partial charge in [0, 0.05) is 39.3 Å². The highest BCUT2D eigenvalue weighted by atomic mass is 35.5. The molecule has 1 aromatic rings. The smallest absolute Gasteiger partial charge is 0.220 e. The zero-order valence-corrected chi connectivity index (χ0v) is 13.0. The lowest BCUT2D eigenvalue weighted by atomic mass is 9.96. The molecule has 0 unspecified atom stereocenters. The van der Waals surface area contributed by atoms with E-state index in [1.54, 1.807) is 0 Å². The Hall–Kier alpha value is -1.10. The van der Waals surface area contributed by atoms with Gasteiger partial charge >= 0.3 is 0 Å². The van der Waals surface area contributed by atoms with E-state index in [0.29, 0.717) is 18.9 Å². The van der Waals surface area contributed by atoms with Gasteiger partial charge in [0.05, 0.1) is 0 Å². The van der Waals surface area contributed by atoms with E-state index in [0.717, 1.165) is 39.1 Å². The van der Waals surface area contributed by atoms with E-state index in [2.05, 4.69) is 28.8 Å². The van der Waals surface area contributed by atoms with Crippen LogP contribution in [0.2, 0.25) is 0 Å². The minimum absolute atomic E-state index is 0. The predicted octanol–water partition coefficient (Wildman–Crippen LogP) is 2.14. The Kier molecular flexibility index (Phi) is 6.03. The van der Waals surface area contributed by atoms with Crippen molar-refractivity contribution in [2.45, 2.75) is 38.9 Å². The molecule has 116 valence electrons. The van der Waals surface area contributed by atoms with Crippen LogP contribution in [0.3, 0.4) is 0 Å². The van der Waals surface area contributed by atoms with E-state index in [1.165, 1.54) is 16.7 Å². The van der Waals surface area contributed by atoms with Crippen LogP contribution in [0.25, 0.3) is 0 Å². The highest BCUT2D eigenvalue weighted by molar-refractivity contribution is 5.85. The molecule has 0 spiro atoms. The number of nitrogens with one attached hydrogen (secondary N) is 2. The summed E-state index contributed by atoms with van der Waals surface area (Å²) < 4.78 is 5.32. The first kappa shape index (κ1) is 16.3. The standard InChI is InChI=1S/C16H22N2O2.ClH/c19-16(8-12-3-5-20-6-4-12)18-9-13-1-2-14-10-17-11-15(14)7-13;/h1-2,7,12,17H,3-6,8-11H2,(H,18,19);1H. The molecule has 0 saturated carbocycles. The van der Waals surface area contributed by atoms with Crippen molar-refractivity contribution >= 4 is 18.3 Å². The molecule has 1 fully saturated rings. The maximum Gasteiger partial charge on any atom is 0.220 e. The Morgan fingerprint density at radius 1 is 1.24 bits per heavy atom. The van der Waals surface area contributed by atoms with Gasteiger partial charge < -0.3 is 15.4 Å². The number of carbonyl (C=O) groups excluding carboxylic acids is 1. The van der Waals surface area contributed by atoms with Crippen LogP contribution in [0.15, 0.2) is 18.2 Å². The first-order valence-corrected chi connectivity index (χ1v) is 7.47. The lowest BCUT2D eigenvalue weighted by Crippen LogP contribution is -2.27. The highest BCUT2D eigenvalue weighted by Gasteiger charge is 2.17. The summed E-state index contributed by atoms with van der Waals surface area (Å²) in [6.45, 7) is 4.14. The van der Waals surface area contributed by atoms with Gasteiger partial charge in [-0.05, 0) is 35.4 Å². The van der Waals surface area contributed by atoms with Crippen LogP contribution in [0, 0.1) is 5.92 Å². The summed E-state index contributed by atoms with van der Waals surface area (Å²) in [5.41, 5.74) is 3.93. The molecule has 1 aromatic carbocycles. The van der Waals surface area contributed by atoms with Crippen LogP contribution in [0.4, 0.5) is 0 Å². The number of benzene rings is 1. The molecule has 0 radical (unpaired) electrons. The summed E-state index contributed by atoms with van der Waals surface area (Å²) in [5.74, 6) is 0.656. The van der Waals surface area contributed by atoms with Gasteiger partial charge in [-0.25, -0.2) is 0 Å². The number of amides is 1. The van der Waals surface area contributed by atoms with Gasteiger partial charge in [0.25, 0.3) is 0 Å². The number of hydrogen-bond acceptors (Lipinski definition) is 3. The zero-order valence-electron chi connectivity index (χ0n) is 12.2. The van der Waals surface area contributed by atoms with Crippen LogP contribution >= 0.6 is 12.4 Å². The van der Waals surface area contributed by atoms with Crippen molar-refractivity contribution < 1.29 is 9.53 Å². The summed E-state index contributed by atoms with van der Waals surface area (Å²) >= 11 is 0. The van der Waals surface area contributed by atoms with Gasteiger partial charge in [-0.15, -0.1) is 12.4 Å². The Bertz CT molecular complexity index is 487. The average molecular weight is 311 g/mol. The molecule has 2 N–H and O–H groups in total. The molecule has 0 aromatic heterocycles. The number of hydrogen-bond donors (Lipinski definition) is 2. The topological polar surface area (TPSA) is 50.4 Å². The molecule has 0 bridgehead atoms. The second-order valence-corrected chi connectivity index (χ2v) is 5.74. The van der Waals surface area contributed by atoms with E-state index in [-0.39, 0.29) is 18.3 Å². The lowest BCUT2D eigenvalue weighted by Gasteiger charge is -2.21. The summed E-state index contributed by atoms with van der Waals surface area (Å²) in [4.78, 5) is 12.0. The van der Waals surface area contributed by atoms with Crippen molar-refractivity contribution in [3.05, 3.63) is 34.9 Å². The molecule has 0 atom stereocenters. The van der Waals surface area contributed by atoms with Crippen molar-refractivity contribution in [3.63, 3.8) is 0 Å². The van der Waals surface area contributed by atoms with Crippen molar-refractivity contribution in [1.29, 1.82) is 0 Å². The molecule has 2 heterocycles. The van der Waals surface area contributed by atoms with E-state index in [9.17, 15) is 4.79 Å². The quantitative estimate of drug-likeness (QED) is 0.896. The third-order valence-corrected chi connectivity index (χ3v) is 4.21. The number of fused-ring (bicyclic) bond motifs is 1. The van der Waals surface area contributed by atoms with Gasteiger partial charge in [0.1, 0.15) is 0 Å². The van der Waals surface area contributed by atoms with Crippen molar-refractivity contribution in [2.24, 2.45) is 5.92 Å². The molecular weight excluding hydrogens is 288 g/mol. The third kappa shape index (κ3) is 4.43. The number of halogens is 1. The van der Waals surface area contributed by atoms with Crippen LogP contribution in [0.1, 0.15) is 36.0 Å². The monoisotopic (exact) mass is 310 g/mol. The summed E-state index contributed by atoms with van der Waals surface area (Å²) in [5, 5.41) is 6.37. The molecular formula is C16H23ClN2O2. The average Bonchev–Trinajstić information content (AvgIpc) is 2.93. The van der Waals surface area contributed by atoms with Crippen molar-refractivity contribution in [2.75, 3.05) is 13.2 Å². The fourth-order valence-corrected chi connectivity index (χ4v) is 2.94. The summed E-state index contributed by atoms with van der Waals surface area (Å²) in [6, 6.07) is 6.47. The maximum absolute atomic E-state index is 12.0. The summed E-state index contributed by atoms with van der Waals surface area (Å²) in [6.07, 6.45) is 2.66. The lowest BCUT2D eigenvalue weighted by molar-refractivity contribution is -0.122. The molecule has 5 heteroatoms. The summed E-state index contributed by atoms with van der Waals surface area (Å²) in [7, 11) is 0. The Morgan fingerprint density at radius 3 is 2.81 bits per heavy atom. The fourth-order valence-electron chi connectivity index (χ4n) is 2.94. The Labute approximate surface area is 132 Å². The Morgan fingerprint density at radius 2 is 2.00 bits per heavy atom. The maximum atomic E-state index is 12.0. The van der Waals surface area contributed by atoms with E-state index >= 15 is 0 Å². The van der Waals surface area contributed by atoms with Gasteiger partial charge in [0.15, 0.2) is 0 Å². The number of ether oxygens (including phenoxy) is 1. The fraction of sp³-hybridized carbons (Fsp3) is 0.562. The van der Waals surface area contributed by atoms with Gasteiger partial charge in [-0.3, -0.25) is 4.79 Å². The van der Waals surface area contributed by atoms with Crippen LogP contribution in [-0.4, -0.2) is 19.1 Å². The van der Waals surface area contributed by atoms with Crippen LogP contribution < -0.4 is 10.6 Å². The zero-order chi connectivity index (χ0) is 13.8. The van der Waals surface area contributed by atoms with Crippen LogP contribution in [0.5, 0.6) is 0 Å². The molecule has 4 nitrogen and oxygen atoms in total. The predicted molar refractivity (Wildman–Crippen MR) is 84.2 cm³/mol. The first-order chi connectivity index (χ1) is 9.81.